The van der Waals surface area contributed by atoms with Crippen LogP contribution in [0.2, 0.25) is 0 Å². The second kappa shape index (κ2) is 5.89. The molecule has 0 aliphatic rings. The zero-order chi connectivity index (χ0) is 12.1. The number of nitrogens with zero attached hydrogens (tertiary/aromatic N) is 2. The molecule has 1 heterocycles. The number of hydrogen-bond acceptors (Lipinski definition) is 3. The van der Waals surface area contributed by atoms with E-state index in [1.54, 1.807) is 6.33 Å². The van der Waals surface area contributed by atoms with Crippen LogP contribution in [-0.4, -0.2) is 9.97 Å². The molecule has 0 bridgehead atoms. The first-order valence-electron chi connectivity index (χ1n) is 5.49. The molecule has 0 aliphatic heterocycles. The highest BCUT2D eigenvalue weighted by molar-refractivity contribution is 9.10. The van der Waals surface area contributed by atoms with Crippen molar-refractivity contribution in [2.45, 2.75) is 19.5 Å². The monoisotopic (exact) mass is 291 g/mol. The van der Waals surface area contributed by atoms with Gasteiger partial charge in [0, 0.05) is 35.0 Å². The number of benzene rings is 1. The van der Waals surface area contributed by atoms with Gasteiger partial charge in [-0.25, -0.2) is 9.97 Å². The molecule has 1 atom stereocenters. The molecule has 0 spiro atoms. The average Bonchev–Trinajstić information content (AvgIpc) is 2.38. The number of halogens is 1. The van der Waals surface area contributed by atoms with E-state index < -0.39 is 0 Å². The van der Waals surface area contributed by atoms with E-state index in [1.165, 1.54) is 5.56 Å². The fourth-order valence-corrected chi connectivity index (χ4v) is 2.26. The molecule has 0 radical (unpaired) electrons. The van der Waals surface area contributed by atoms with Gasteiger partial charge < -0.3 is 5.32 Å². The van der Waals surface area contributed by atoms with Crippen molar-refractivity contribution in [3.05, 3.63) is 58.6 Å². The second-order valence-corrected chi connectivity index (χ2v) is 4.73. The van der Waals surface area contributed by atoms with E-state index >= 15 is 0 Å². The van der Waals surface area contributed by atoms with E-state index in [2.05, 4.69) is 50.3 Å². The number of hydrogen-bond donors (Lipinski definition) is 1. The van der Waals surface area contributed by atoms with Gasteiger partial charge in [-0.2, -0.15) is 0 Å². The largest absolute Gasteiger partial charge is 0.306 e. The summed E-state index contributed by atoms with van der Waals surface area (Å²) in [5.74, 6) is 0. The molecule has 17 heavy (non-hydrogen) atoms. The predicted molar refractivity (Wildman–Crippen MR) is 71.4 cm³/mol. The lowest BCUT2D eigenvalue weighted by Gasteiger charge is -2.15. The minimum Gasteiger partial charge on any atom is -0.306 e. The van der Waals surface area contributed by atoms with E-state index in [4.69, 9.17) is 0 Å². The molecule has 1 unspecified atom stereocenters. The lowest BCUT2D eigenvalue weighted by molar-refractivity contribution is 0.571. The molecule has 1 aromatic carbocycles. The standard InChI is InChI=1S/C13H14BrN3/c1-10(12-4-2-3-5-13(12)14)17-8-11-6-15-9-16-7-11/h2-7,9-10,17H,8H2,1H3. The van der Waals surface area contributed by atoms with Gasteiger partial charge in [-0.1, -0.05) is 34.1 Å². The van der Waals surface area contributed by atoms with Crippen LogP contribution in [0.1, 0.15) is 24.1 Å². The topological polar surface area (TPSA) is 37.8 Å². The van der Waals surface area contributed by atoms with Gasteiger partial charge in [-0.05, 0) is 18.6 Å². The summed E-state index contributed by atoms with van der Waals surface area (Å²) in [6.45, 7) is 2.91. The molecular weight excluding hydrogens is 278 g/mol. The van der Waals surface area contributed by atoms with Crippen LogP contribution in [0, 0.1) is 0 Å². The van der Waals surface area contributed by atoms with Gasteiger partial charge in [0.25, 0.3) is 0 Å². The van der Waals surface area contributed by atoms with Gasteiger partial charge in [0.05, 0.1) is 0 Å². The van der Waals surface area contributed by atoms with E-state index in [0.29, 0.717) is 0 Å². The highest BCUT2D eigenvalue weighted by Crippen LogP contribution is 2.22. The quantitative estimate of drug-likeness (QED) is 0.941. The molecule has 0 aliphatic carbocycles. The smallest absolute Gasteiger partial charge is 0.115 e. The fraction of sp³-hybridized carbons (Fsp3) is 0.231. The summed E-state index contributed by atoms with van der Waals surface area (Å²) in [5.41, 5.74) is 2.34. The van der Waals surface area contributed by atoms with Crippen molar-refractivity contribution in [2.75, 3.05) is 0 Å². The zero-order valence-electron chi connectivity index (χ0n) is 9.60. The Kier molecular flexibility index (Phi) is 4.23. The zero-order valence-corrected chi connectivity index (χ0v) is 11.2. The molecule has 2 aromatic rings. The first-order chi connectivity index (χ1) is 8.27. The minimum absolute atomic E-state index is 0.283. The third-order valence-corrected chi connectivity index (χ3v) is 3.32. The summed E-state index contributed by atoms with van der Waals surface area (Å²) in [6, 6.07) is 8.52. The normalized spacial score (nSPS) is 12.4. The first-order valence-corrected chi connectivity index (χ1v) is 6.28. The molecule has 1 aromatic heterocycles. The summed E-state index contributed by atoms with van der Waals surface area (Å²) in [5, 5.41) is 3.45. The third kappa shape index (κ3) is 3.35. The predicted octanol–water partition coefficient (Wildman–Crippen LogP) is 3.09. The van der Waals surface area contributed by atoms with Crippen LogP contribution in [0.5, 0.6) is 0 Å². The maximum atomic E-state index is 3.99. The Morgan fingerprint density at radius 3 is 2.65 bits per heavy atom. The summed E-state index contributed by atoms with van der Waals surface area (Å²) in [4.78, 5) is 7.99. The number of rotatable bonds is 4. The summed E-state index contributed by atoms with van der Waals surface area (Å²) in [6.07, 6.45) is 5.19. The van der Waals surface area contributed by atoms with Gasteiger partial charge in [-0.3, -0.25) is 0 Å². The van der Waals surface area contributed by atoms with Crippen LogP contribution < -0.4 is 5.32 Å². The van der Waals surface area contributed by atoms with Gasteiger partial charge in [0.15, 0.2) is 0 Å². The van der Waals surface area contributed by atoms with Crippen molar-refractivity contribution in [1.82, 2.24) is 15.3 Å². The van der Waals surface area contributed by atoms with Crippen LogP contribution in [0.4, 0.5) is 0 Å². The summed E-state index contributed by atoms with van der Waals surface area (Å²) >= 11 is 3.56. The van der Waals surface area contributed by atoms with Gasteiger partial charge >= 0.3 is 0 Å². The summed E-state index contributed by atoms with van der Waals surface area (Å²) in [7, 11) is 0. The average molecular weight is 292 g/mol. The molecular formula is C13H14BrN3. The van der Waals surface area contributed by atoms with Crippen LogP contribution in [0.3, 0.4) is 0 Å². The van der Waals surface area contributed by atoms with Crippen molar-refractivity contribution in [2.24, 2.45) is 0 Å². The van der Waals surface area contributed by atoms with Crippen LogP contribution in [0.25, 0.3) is 0 Å². The lowest BCUT2D eigenvalue weighted by Crippen LogP contribution is -2.18. The Morgan fingerprint density at radius 2 is 1.94 bits per heavy atom. The SMILES string of the molecule is CC(NCc1cncnc1)c1ccccc1Br. The molecule has 2 rings (SSSR count). The fourth-order valence-electron chi connectivity index (χ4n) is 1.63. The van der Waals surface area contributed by atoms with E-state index in [-0.39, 0.29) is 6.04 Å². The van der Waals surface area contributed by atoms with Crippen LogP contribution in [-0.2, 0) is 6.54 Å². The molecule has 4 heteroatoms. The maximum Gasteiger partial charge on any atom is 0.115 e. The second-order valence-electron chi connectivity index (χ2n) is 3.87. The number of nitrogens with one attached hydrogen (secondary N) is 1. The van der Waals surface area contributed by atoms with Crippen molar-refractivity contribution >= 4 is 15.9 Å². The van der Waals surface area contributed by atoms with Gasteiger partial charge in [0.1, 0.15) is 6.33 Å². The molecule has 1 N–H and O–H groups in total. The minimum atomic E-state index is 0.283. The van der Waals surface area contributed by atoms with Crippen LogP contribution in [0.15, 0.2) is 47.5 Å². The molecule has 0 saturated carbocycles. The molecule has 0 amide bonds. The summed E-state index contributed by atoms with van der Waals surface area (Å²) < 4.78 is 1.13. The Hall–Kier alpha value is -1.26. The number of aromatic nitrogens is 2. The lowest BCUT2D eigenvalue weighted by atomic mass is 10.1. The van der Waals surface area contributed by atoms with Crippen molar-refractivity contribution in [3.63, 3.8) is 0 Å². The van der Waals surface area contributed by atoms with Gasteiger partial charge in [0.2, 0.25) is 0 Å². The molecule has 0 saturated heterocycles. The molecule has 3 nitrogen and oxygen atoms in total. The highest BCUT2D eigenvalue weighted by Gasteiger charge is 2.07. The Balaban J connectivity index is 1.99. The Bertz CT molecular complexity index is 473. The highest BCUT2D eigenvalue weighted by atomic mass is 79.9. The van der Waals surface area contributed by atoms with Crippen molar-refractivity contribution < 1.29 is 0 Å². The van der Waals surface area contributed by atoms with E-state index in [9.17, 15) is 0 Å². The van der Waals surface area contributed by atoms with Crippen molar-refractivity contribution in [3.8, 4) is 0 Å². The molecule has 0 fully saturated rings. The first kappa shape index (κ1) is 12.2. The molecule has 88 valence electrons. The van der Waals surface area contributed by atoms with E-state index in [0.717, 1.165) is 16.6 Å². The van der Waals surface area contributed by atoms with Gasteiger partial charge in [-0.15, -0.1) is 0 Å². The Morgan fingerprint density at radius 1 is 1.24 bits per heavy atom. The van der Waals surface area contributed by atoms with Crippen molar-refractivity contribution in [1.29, 1.82) is 0 Å². The van der Waals surface area contributed by atoms with Crippen LogP contribution >= 0.6 is 15.9 Å². The third-order valence-electron chi connectivity index (χ3n) is 2.60. The maximum absolute atomic E-state index is 3.99. The van der Waals surface area contributed by atoms with E-state index in [1.807, 2.05) is 24.5 Å². The Labute approximate surface area is 109 Å².